The first kappa shape index (κ1) is 9.56. The minimum atomic E-state index is 0.103. The second kappa shape index (κ2) is 3.46. The van der Waals surface area contributed by atoms with E-state index in [0.29, 0.717) is 12.3 Å². The molecule has 0 N–H and O–H groups in total. The summed E-state index contributed by atoms with van der Waals surface area (Å²) >= 11 is 0. The van der Waals surface area contributed by atoms with Gasteiger partial charge < -0.3 is 4.90 Å². The summed E-state index contributed by atoms with van der Waals surface area (Å²) < 4.78 is 0. The van der Waals surface area contributed by atoms with Crippen molar-refractivity contribution in [1.82, 2.24) is 4.90 Å². The molecule has 1 aliphatic rings. The van der Waals surface area contributed by atoms with Crippen LogP contribution in [0.25, 0.3) is 0 Å². The van der Waals surface area contributed by atoms with Crippen molar-refractivity contribution in [3.63, 3.8) is 0 Å². The van der Waals surface area contributed by atoms with Crippen molar-refractivity contribution in [2.24, 2.45) is 0 Å². The van der Waals surface area contributed by atoms with Crippen molar-refractivity contribution in [2.45, 2.75) is 52.0 Å². The van der Waals surface area contributed by atoms with Crippen LogP contribution in [0.1, 0.15) is 46.5 Å². The summed E-state index contributed by atoms with van der Waals surface area (Å²) in [5.41, 5.74) is 0.103. The smallest absolute Gasteiger partial charge is 0.222 e. The van der Waals surface area contributed by atoms with Crippen LogP contribution in [0, 0.1) is 0 Å². The molecule has 1 rings (SSSR count). The molecule has 0 spiro atoms. The van der Waals surface area contributed by atoms with Crippen LogP contribution in [-0.2, 0) is 4.79 Å². The summed E-state index contributed by atoms with van der Waals surface area (Å²) in [6, 6.07) is 0. The van der Waals surface area contributed by atoms with E-state index in [2.05, 4.69) is 13.8 Å². The maximum Gasteiger partial charge on any atom is 0.222 e. The molecule has 0 bridgehead atoms. The Balaban J connectivity index is 2.66. The molecule has 2 nitrogen and oxygen atoms in total. The standard InChI is InChI=1S/C10H19NO/c1-4-9(12)11-8-6-5-7-10(11,2)3/h4-8H2,1-3H3. The largest absolute Gasteiger partial charge is 0.338 e. The molecule has 1 fully saturated rings. The van der Waals surface area contributed by atoms with Gasteiger partial charge in [-0.2, -0.15) is 0 Å². The van der Waals surface area contributed by atoms with Crippen molar-refractivity contribution in [3.8, 4) is 0 Å². The van der Waals surface area contributed by atoms with Gasteiger partial charge in [-0.15, -0.1) is 0 Å². The lowest BCUT2D eigenvalue weighted by Crippen LogP contribution is -2.50. The lowest BCUT2D eigenvalue weighted by atomic mass is 9.90. The van der Waals surface area contributed by atoms with Gasteiger partial charge in [-0.1, -0.05) is 6.92 Å². The quantitative estimate of drug-likeness (QED) is 0.589. The highest BCUT2D eigenvalue weighted by molar-refractivity contribution is 5.76. The van der Waals surface area contributed by atoms with Gasteiger partial charge in [0.05, 0.1) is 0 Å². The number of piperidine rings is 1. The van der Waals surface area contributed by atoms with E-state index >= 15 is 0 Å². The summed E-state index contributed by atoms with van der Waals surface area (Å²) in [7, 11) is 0. The zero-order valence-electron chi connectivity index (χ0n) is 8.39. The molecule has 1 heterocycles. The zero-order chi connectivity index (χ0) is 9.19. The number of nitrogens with zero attached hydrogens (tertiary/aromatic N) is 1. The van der Waals surface area contributed by atoms with Gasteiger partial charge in [0, 0.05) is 18.5 Å². The summed E-state index contributed by atoms with van der Waals surface area (Å²) in [6.07, 6.45) is 4.23. The molecule has 1 saturated heterocycles. The van der Waals surface area contributed by atoms with Crippen molar-refractivity contribution < 1.29 is 4.79 Å². The number of carbonyl (C=O) groups is 1. The molecular formula is C10H19NO. The molecular weight excluding hydrogens is 150 g/mol. The fraction of sp³-hybridized carbons (Fsp3) is 0.900. The van der Waals surface area contributed by atoms with E-state index in [1.165, 1.54) is 12.8 Å². The minimum Gasteiger partial charge on any atom is -0.338 e. The molecule has 0 unspecified atom stereocenters. The molecule has 0 aromatic rings. The van der Waals surface area contributed by atoms with Crippen molar-refractivity contribution in [3.05, 3.63) is 0 Å². The number of likely N-dealkylation sites (tertiary alicyclic amines) is 1. The lowest BCUT2D eigenvalue weighted by Gasteiger charge is -2.42. The van der Waals surface area contributed by atoms with E-state index in [4.69, 9.17) is 0 Å². The Kier molecular flexibility index (Phi) is 2.76. The molecule has 70 valence electrons. The van der Waals surface area contributed by atoms with Gasteiger partial charge in [-0.05, 0) is 33.1 Å². The molecule has 0 aromatic carbocycles. The van der Waals surface area contributed by atoms with Gasteiger partial charge in [-0.25, -0.2) is 0 Å². The molecule has 12 heavy (non-hydrogen) atoms. The highest BCUT2D eigenvalue weighted by atomic mass is 16.2. The van der Waals surface area contributed by atoms with Crippen LogP contribution < -0.4 is 0 Å². The SMILES string of the molecule is CCC(=O)N1CCCCC1(C)C. The number of amides is 1. The van der Waals surface area contributed by atoms with E-state index < -0.39 is 0 Å². The van der Waals surface area contributed by atoms with E-state index in [1.807, 2.05) is 11.8 Å². The predicted octanol–water partition coefficient (Wildman–Crippen LogP) is 2.19. The predicted molar refractivity (Wildman–Crippen MR) is 49.9 cm³/mol. The number of hydrogen-bond acceptors (Lipinski definition) is 1. The molecule has 0 atom stereocenters. The van der Waals surface area contributed by atoms with Crippen LogP contribution in [0.2, 0.25) is 0 Å². The molecule has 0 radical (unpaired) electrons. The molecule has 0 aromatic heterocycles. The van der Waals surface area contributed by atoms with E-state index in [1.54, 1.807) is 0 Å². The fourth-order valence-electron chi connectivity index (χ4n) is 1.92. The highest BCUT2D eigenvalue weighted by Crippen LogP contribution is 2.27. The van der Waals surface area contributed by atoms with Crippen LogP contribution in [-0.4, -0.2) is 22.9 Å². The van der Waals surface area contributed by atoms with Gasteiger partial charge >= 0.3 is 0 Å². The highest BCUT2D eigenvalue weighted by Gasteiger charge is 2.31. The van der Waals surface area contributed by atoms with E-state index in [9.17, 15) is 4.79 Å². The summed E-state index contributed by atoms with van der Waals surface area (Å²) in [5, 5.41) is 0. The maximum atomic E-state index is 11.5. The maximum absolute atomic E-state index is 11.5. The molecule has 0 saturated carbocycles. The second-order valence-electron chi connectivity index (χ2n) is 4.17. The molecule has 1 aliphatic heterocycles. The van der Waals surface area contributed by atoms with Crippen LogP contribution in [0.4, 0.5) is 0 Å². The average molecular weight is 169 g/mol. The average Bonchev–Trinajstić information content (AvgIpc) is 2.02. The zero-order valence-corrected chi connectivity index (χ0v) is 8.39. The van der Waals surface area contributed by atoms with E-state index in [0.717, 1.165) is 13.0 Å². The Morgan fingerprint density at radius 1 is 1.42 bits per heavy atom. The monoisotopic (exact) mass is 169 g/mol. The third-order valence-corrected chi connectivity index (χ3v) is 2.75. The molecule has 0 aliphatic carbocycles. The van der Waals surface area contributed by atoms with Crippen LogP contribution in [0.15, 0.2) is 0 Å². The third kappa shape index (κ3) is 1.79. The lowest BCUT2D eigenvalue weighted by molar-refractivity contribution is -0.138. The van der Waals surface area contributed by atoms with Gasteiger partial charge in [0.1, 0.15) is 0 Å². The Labute approximate surface area is 74.9 Å². The Bertz CT molecular complexity index is 175. The van der Waals surface area contributed by atoms with Crippen LogP contribution in [0.5, 0.6) is 0 Å². The number of carbonyl (C=O) groups excluding carboxylic acids is 1. The topological polar surface area (TPSA) is 20.3 Å². The summed E-state index contributed by atoms with van der Waals surface area (Å²) in [5.74, 6) is 0.305. The van der Waals surface area contributed by atoms with Gasteiger partial charge in [0.15, 0.2) is 0 Å². The Morgan fingerprint density at radius 3 is 2.58 bits per heavy atom. The fourth-order valence-corrected chi connectivity index (χ4v) is 1.92. The van der Waals surface area contributed by atoms with Crippen molar-refractivity contribution in [2.75, 3.05) is 6.54 Å². The first-order valence-corrected chi connectivity index (χ1v) is 4.88. The van der Waals surface area contributed by atoms with Gasteiger partial charge in [0.25, 0.3) is 0 Å². The first-order chi connectivity index (χ1) is 5.58. The Hall–Kier alpha value is -0.530. The third-order valence-electron chi connectivity index (χ3n) is 2.75. The number of rotatable bonds is 1. The van der Waals surface area contributed by atoms with Crippen LogP contribution in [0.3, 0.4) is 0 Å². The minimum absolute atomic E-state index is 0.103. The van der Waals surface area contributed by atoms with Crippen molar-refractivity contribution in [1.29, 1.82) is 0 Å². The van der Waals surface area contributed by atoms with Gasteiger partial charge in [-0.3, -0.25) is 4.79 Å². The van der Waals surface area contributed by atoms with Crippen molar-refractivity contribution >= 4 is 5.91 Å². The second-order valence-corrected chi connectivity index (χ2v) is 4.17. The summed E-state index contributed by atoms with van der Waals surface area (Å²) in [6.45, 7) is 7.23. The molecule has 1 amide bonds. The molecule has 2 heteroatoms. The van der Waals surface area contributed by atoms with E-state index in [-0.39, 0.29) is 5.54 Å². The normalized spacial score (nSPS) is 22.4. The Morgan fingerprint density at radius 2 is 2.08 bits per heavy atom. The van der Waals surface area contributed by atoms with Crippen LogP contribution >= 0.6 is 0 Å². The number of hydrogen-bond donors (Lipinski definition) is 0. The summed E-state index contributed by atoms with van der Waals surface area (Å²) in [4.78, 5) is 13.5. The van der Waals surface area contributed by atoms with Gasteiger partial charge in [0.2, 0.25) is 5.91 Å². The first-order valence-electron chi connectivity index (χ1n) is 4.88.